The van der Waals surface area contributed by atoms with Gasteiger partial charge in [-0.05, 0) is 26.8 Å². The molecule has 0 bridgehead atoms. The van der Waals surface area contributed by atoms with Crippen molar-refractivity contribution >= 4 is 18.0 Å². The van der Waals surface area contributed by atoms with E-state index in [1.807, 2.05) is 19.9 Å². The Morgan fingerprint density at radius 3 is 3.05 bits per heavy atom. The molecular weight excluding hydrogens is 284 g/mol. The smallest absolute Gasteiger partial charge is 0.343 e. The van der Waals surface area contributed by atoms with Crippen LogP contribution < -0.4 is 5.32 Å². The molecule has 0 saturated carbocycles. The summed E-state index contributed by atoms with van der Waals surface area (Å²) in [6.45, 7) is 8.12. The quantitative estimate of drug-likeness (QED) is 0.462. The molecule has 2 aliphatic rings. The SMILES string of the molecule is CCOC(=O)/C(C=N)=C1\N=C(N2CCOC(C)(C)C2)C=CN1. The number of rotatable bonds is 3. The molecule has 1 saturated heterocycles. The average molecular weight is 306 g/mol. The Labute approximate surface area is 130 Å². The number of ether oxygens (including phenoxy) is 2. The zero-order valence-corrected chi connectivity index (χ0v) is 13.2. The van der Waals surface area contributed by atoms with E-state index in [4.69, 9.17) is 14.9 Å². The summed E-state index contributed by atoms with van der Waals surface area (Å²) >= 11 is 0. The maximum atomic E-state index is 11.9. The van der Waals surface area contributed by atoms with Crippen molar-refractivity contribution in [1.29, 1.82) is 5.41 Å². The third kappa shape index (κ3) is 3.73. The molecule has 22 heavy (non-hydrogen) atoms. The lowest BCUT2D eigenvalue weighted by molar-refractivity contribution is -0.137. The van der Waals surface area contributed by atoms with Crippen LogP contribution in [0.2, 0.25) is 0 Å². The molecule has 7 heteroatoms. The second kappa shape index (κ2) is 6.74. The molecule has 7 nitrogen and oxygen atoms in total. The molecule has 0 spiro atoms. The molecule has 0 aromatic heterocycles. The number of carbonyl (C=O) groups is 1. The summed E-state index contributed by atoms with van der Waals surface area (Å²) < 4.78 is 10.6. The first kappa shape index (κ1) is 16.2. The highest BCUT2D eigenvalue weighted by Gasteiger charge is 2.29. The van der Waals surface area contributed by atoms with E-state index in [-0.39, 0.29) is 17.8 Å². The number of nitrogens with zero attached hydrogens (tertiary/aromatic N) is 2. The fourth-order valence-corrected chi connectivity index (χ4v) is 2.34. The van der Waals surface area contributed by atoms with Crippen LogP contribution in [0.3, 0.4) is 0 Å². The average Bonchev–Trinajstić information content (AvgIpc) is 2.47. The number of aliphatic imine (C=N–C) groups is 1. The monoisotopic (exact) mass is 306 g/mol. The number of hydrogen-bond acceptors (Lipinski definition) is 7. The maximum Gasteiger partial charge on any atom is 0.343 e. The number of morpholine rings is 1. The molecule has 2 aliphatic heterocycles. The summed E-state index contributed by atoms with van der Waals surface area (Å²) in [7, 11) is 0. The van der Waals surface area contributed by atoms with Crippen molar-refractivity contribution in [1.82, 2.24) is 10.2 Å². The fraction of sp³-hybridized carbons (Fsp3) is 0.533. The predicted octanol–water partition coefficient (Wildman–Crippen LogP) is 1.04. The summed E-state index contributed by atoms with van der Waals surface area (Å²) in [5.41, 5.74) is -0.134. The van der Waals surface area contributed by atoms with Gasteiger partial charge in [-0.25, -0.2) is 9.79 Å². The highest BCUT2D eigenvalue weighted by molar-refractivity contribution is 6.10. The lowest BCUT2D eigenvalue weighted by Gasteiger charge is -2.39. The Morgan fingerprint density at radius 1 is 1.64 bits per heavy atom. The molecule has 0 radical (unpaired) electrons. The molecule has 0 unspecified atom stereocenters. The van der Waals surface area contributed by atoms with Crippen molar-refractivity contribution in [3.8, 4) is 0 Å². The third-order valence-electron chi connectivity index (χ3n) is 3.32. The highest BCUT2D eigenvalue weighted by Crippen LogP contribution is 2.19. The summed E-state index contributed by atoms with van der Waals surface area (Å²) in [6.07, 6.45) is 4.52. The Kier molecular flexibility index (Phi) is 4.97. The van der Waals surface area contributed by atoms with Crippen LogP contribution >= 0.6 is 0 Å². The van der Waals surface area contributed by atoms with Crippen molar-refractivity contribution in [2.75, 3.05) is 26.3 Å². The van der Waals surface area contributed by atoms with Gasteiger partial charge in [-0.15, -0.1) is 0 Å². The molecular formula is C15H22N4O3. The van der Waals surface area contributed by atoms with Gasteiger partial charge >= 0.3 is 5.97 Å². The molecule has 0 aromatic rings. The zero-order chi connectivity index (χ0) is 16.2. The standard InChI is InChI=1S/C15H22N4O3/c1-4-21-14(20)11(9-16)13-17-6-5-12(18-13)19-7-8-22-15(2,3)10-19/h5-6,9,16-17H,4,7-8,10H2,1-3H3/b13-11-,16-9?. The number of esters is 1. The number of hydrogen-bond donors (Lipinski definition) is 2. The Morgan fingerprint density at radius 2 is 2.41 bits per heavy atom. The predicted molar refractivity (Wildman–Crippen MR) is 83.8 cm³/mol. The van der Waals surface area contributed by atoms with Crippen LogP contribution in [0.25, 0.3) is 0 Å². The second-order valence-corrected chi connectivity index (χ2v) is 5.60. The summed E-state index contributed by atoms with van der Waals surface area (Å²) in [4.78, 5) is 18.4. The Bertz CT molecular complexity index is 549. The first-order valence-electron chi connectivity index (χ1n) is 7.29. The van der Waals surface area contributed by atoms with E-state index in [9.17, 15) is 4.79 Å². The highest BCUT2D eigenvalue weighted by atomic mass is 16.5. The molecule has 1 fully saturated rings. The minimum atomic E-state index is -0.555. The van der Waals surface area contributed by atoms with Crippen molar-refractivity contribution in [2.45, 2.75) is 26.4 Å². The summed E-state index contributed by atoms with van der Waals surface area (Å²) in [5.74, 6) is 0.518. The van der Waals surface area contributed by atoms with Gasteiger partial charge in [0.25, 0.3) is 0 Å². The second-order valence-electron chi connectivity index (χ2n) is 5.60. The Balaban J connectivity index is 2.26. The van der Waals surface area contributed by atoms with Crippen molar-refractivity contribution < 1.29 is 14.3 Å². The molecule has 2 heterocycles. The van der Waals surface area contributed by atoms with Crippen LogP contribution in [0.1, 0.15) is 20.8 Å². The van der Waals surface area contributed by atoms with Crippen molar-refractivity contribution in [3.05, 3.63) is 23.7 Å². The van der Waals surface area contributed by atoms with Crippen LogP contribution in [0.4, 0.5) is 0 Å². The zero-order valence-electron chi connectivity index (χ0n) is 13.2. The summed E-state index contributed by atoms with van der Waals surface area (Å²) in [5, 5.41) is 10.3. The topological polar surface area (TPSA) is 87.0 Å². The van der Waals surface area contributed by atoms with E-state index in [0.29, 0.717) is 19.0 Å². The number of amidine groups is 1. The van der Waals surface area contributed by atoms with Gasteiger partial charge in [-0.2, -0.15) is 0 Å². The molecule has 0 aliphatic carbocycles. The fourth-order valence-electron chi connectivity index (χ4n) is 2.34. The molecule has 2 rings (SSSR count). The van der Waals surface area contributed by atoms with Gasteiger partial charge < -0.3 is 25.1 Å². The summed E-state index contributed by atoms with van der Waals surface area (Å²) in [6, 6.07) is 0. The van der Waals surface area contributed by atoms with Crippen LogP contribution in [0.5, 0.6) is 0 Å². The van der Waals surface area contributed by atoms with Gasteiger partial charge in [0, 0.05) is 25.5 Å². The van der Waals surface area contributed by atoms with Gasteiger partial charge in [0.15, 0.2) is 0 Å². The lowest BCUT2D eigenvalue weighted by Crippen LogP contribution is -2.50. The van der Waals surface area contributed by atoms with Crippen LogP contribution in [0, 0.1) is 5.41 Å². The molecule has 0 aromatic carbocycles. The maximum absolute atomic E-state index is 11.9. The van der Waals surface area contributed by atoms with Crippen LogP contribution in [-0.4, -0.2) is 54.8 Å². The van der Waals surface area contributed by atoms with Gasteiger partial charge in [0.2, 0.25) is 0 Å². The van der Waals surface area contributed by atoms with Gasteiger partial charge in [-0.3, -0.25) is 0 Å². The number of nitrogens with one attached hydrogen (secondary N) is 2. The molecule has 2 N–H and O–H groups in total. The van der Waals surface area contributed by atoms with Crippen LogP contribution in [0.15, 0.2) is 28.7 Å². The normalized spacial score (nSPS) is 22.5. The molecule has 120 valence electrons. The van der Waals surface area contributed by atoms with E-state index in [1.165, 1.54) is 0 Å². The van der Waals surface area contributed by atoms with E-state index in [0.717, 1.165) is 18.6 Å². The third-order valence-corrected chi connectivity index (χ3v) is 3.32. The minimum Gasteiger partial charge on any atom is -0.462 e. The Hall–Kier alpha value is -2.15. The number of carbonyl (C=O) groups excluding carboxylic acids is 1. The molecule has 0 atom stereocenters. The van der Waals surface area contributed by atoms with Crippen LogP contribution in [-0.2, 0) is 14.3 Å². The lowest BCUT2D eigenvalue weighted by atomic mass is 10.1. The van der Waals surface area contributed by atoms with Gasteiger partial charge in [-0.1, -0.05) is 0 Å². The van der Waals surface area contributed by atoms with E-state index < -0.39 is 5.97 Å². The first-order chi connectivity index (χ1) is 10.5. The van der Waals surface area contributed by atoms with E-state index in [1.54, 1.807) is 13.1 Å². The van der Waals surface area contributed by atoms with E-state index in [2.05, 4.69) is 15.2 Å². The van der Waals surface area contributed by atoms with Crippen molar-refractivity contribution in [3.63, 3.8) is 0 Å². The molecule has 0 amide bonds. The minimum absolute atomic E-state index is 0.108. The van der Waals surface area contributed by atoms with Crippen molar-refractivity contribution in [2.24, 2.45) is 4.99 Å². The van der Waals surface area contributed by atoms with Gasteiger partial charge in [0.05, 0.1) is 18.8 Å². The van der Waals surface area contributed by atoms with E-state index >= 15 is 0 Å². The first-order valence-corrected chi connectivity index (χ1v) is 7.29. The van der Waals surface area contributed by atoms with Gasteiger partial charge in [0.1, 0.15) is 17.2 Å². The largest absolute Gasteiger partial charge is 0.462 e.